The molecule has 1 aromatic rings. The second kappa shape index (κ2) is 4.00. The normalized spacial score (nSPS) is 22.3. The van der Waals surface area contributed by atoms with E-state index >= 15 is 0 Å². The fourth-order valence-corrected chi connectivity index (χ4v) is 1.81. The van der Waals surface area contributed by atoms with E-state index in [2.05, 4.69) is 10.3 Å². The molecule has 1 N–H and O–H groups in total. The van der Waals surface area contributed by atoms with Crippen LogP contribution in [0.15, 0.2) is 12.3 Å². The van der Waals surface area contributed by atoms with Gasteiger partial charge in [-0.15, -0.1) is 0 Å². The lowest BCUT2D eigenvalue weighted by Crippen LogP contribution is -2.29. The summed E-state index contributed by atoms with van der Waals surface area (Å²) in [6, 6.07) is 0.900. The van der Waals surface area contributed by atoms with Crippen LogP contribution in [0.5, 0.6) is 0 Å². The molecule has 1 aromatic heterocycles. The van der Waals surface area contributed by atoms with Crippen molar-refractivity contribution in [3.63, 3.8) is 0 Å². The van der Waals surface area contributed by atoms with E-state index in [1.54, 1.807) is 0 Å². The number of halogens is 2. The molecule has 1 unspecified atom stereocenters. The average Bonchev–Trinajstić information content (AvgIpc) is 2.19. The highest BCUT2D eigenvalue weighted by Crippen LogP contribution is 2.23. The Morgan fingerprint density at radius 3 is 2.93 bits per heavy atom. The molecule has 4 heteroatoms. The fraction of sp³-hybridized carbons (Fsp3) is 0.500. The minimum absolute atomic E-state index is 0.0874. The van der Waals surface area contributed by atoms with Gasteiger partial charge in [-0.1, -0.05) is 0 Å². The minimum Gasteiger partial charge on any atom is -0.316 e. The zero-order valence-corrected chi connectivity index (χ0v) is 7.76. The Morgan fingerprint density at radius 2 is 2.29 bits per heavy atom. The van der Waals surface area contributed by atoms with Crippen LogP contribution in [-0.2, 0) is 0 Å². The minimum atomic E-state index is -0.616. The molecule has 0 saturated carbocycles. The van der Waals surface area contributed by atoms with Gasteiger partial charge in [-0.2, -0.15) is 0 Å². The number of nitrogens with one attached hydrogen (secondary N) is 1. The number of hydrogen-bond acceptors (Lipinski definition) is 2. The monoisotopic (exact) mass is 198 g/mol. The van der Waals surface area contributed by atoms with Crippen molar-refractivity contribution >= 4 is 0 Å². The molecule has 14 heavy (non-hydrogen) atoms. The first-order chi connectivity index (χ1) is 6.77. The second-order valence-corrected chi connectivity index (χ2v) is 3.56. The number of rotatable bonds is 1. The number of aromatic nitrogens is 1. The van der Waals surface area contributed by atoms with Crippen molar-refractivity contribution in [2.45, 2.75) is 18.8 Å². The summed E-state index contributed by atoms with van der Waals surface area (Å²) >= 11 is 0. The van der Waals surface area contributed by atoms with Crippen LogP contribution >= 0.6 is 0 Å². The van der Waals surface area contributed by atoms with Crippen LogP contribution in [0, 0.1) is 11.6 Å². The van der Waals surface area contributed by atoms with E-state index in [1.807, 2.05) is 0 Å². The van der Waals surface area contributed by atoms with Gasteiger partial charge in [-0.25, -0.2) is 8.78 Å². The molecule has 76 valence electrons. The summed E-state index contributed by atoms with van der Waals surface area (Å²) in [6.07, 6.45) is 3.01. The molecule has 0 bridgehead atoms. The lowest BCUT2D eigenvalue weighted by molar-refractivity contribution is 0.434. The van der Waals surface area contributed by atoms with Crippen molar-refractivity contribution in [3.8, 4) is 0 Å². The van der Waals surface area contributed by atoms with Crippen LogP contribution < -0.4 is 5.32 Å². The number of nitrogens with zero attached hydrogens (tertiary/aromatic N) is 1. The fourth-order valence-electron chi connectivity index (χ4n) is 1.81. The van der Waals surface area contributed by atoms with Crippen LogP contribution in [0.1, 0.15) is 24.5 Å². The molecule has 1 saturated heterocycles. The third-order valence-electron chi connectivity index (χ3n) is 2.52. The lowest BCUT2D eigenvalue weighted by Gasteiger charge is -2.22. The zero-order chi connectivity index (χ0) is 9.97. The van der Waals surface area contributed by atoms with E-state index in [-0.39, 0.29) is 5.92 Å². The highest BCUT2D eigenvalue weighted by atomic mass is 19.1. The van der Waals surface area contributed by atoms with Gasteiger partial charge < -0.3 is 5.32 Å². The van der Waals surface area contributed by atoms with Crippen LogP contribution in [0.3, 0.4) is 0 Å². The van der Waals surface area contributed by atoms with Crippen LogP contribution in [0.4, 0.5) is 8.78 Å². The number of hydrogen-bond donors (Lipinski definition) is 1. The number of pyridine rings is 1. The van der Waals surface area contributed by atoms with Gasteiger partial charge in [0.25, 0.3) is 0 Å². The Bertz CT molecular complexity index is 322. The van der Waals surface area contributed by atoms with Gasteiger partial charge in [-0.05, 0) is 19.4 Å². The first-order valence-corrected chi connectivity index (χ1v) is 4.79. The molecule has 0 radical (unpaired) electrons. The van der Waals surface area contributed by atoms with Gasteiger partial charge in [0, 0.05) is 18.5 Å². The summed E-state index contributed by atoms with van der Waals surface area (Å²) in [5.41, 5.74) is 0.388. The predicted molar refractivity (Wildman–Crippen MR) is 49.0 cm³/mol. The maximum Gasteiger partial charge on any atom is 0.147 e. The van der Waals surface area contributed by atoms with Gasteiger partial charge in [0.1, 0.15) is 11.6 Å². The Labute approximate surface area is 81.4 Å². The molecule has 0 spiro atoms. The first kappa shape index (κ1) is 9.52. The van der Waals surface area contributed by atoms with E-state index in [9.17, 15) is 8.78 Å². The van der Waals surface area contributed by atoms with Crippen LogP contribution in [0.25, 0.3) is 0 Å². The summed E-state index contributed by atoms with van der Waals surface area (Å²) in [7, 11) is 0. The Hall–Kier alpha value is -1.03. The maximum absolute atomic E-state index is 13.3. The number of piperidine rings is 1. The topological polar surface area (TPSA) is 24.9 Å². The predicted octanol–water partition coefficient (Wildman–Crippen LogP) is 1.83. The summed E-state index contributed by atoms with van der Waals surface area (Å²) in [5, 5.41) is 3.17. The van der Waals surface area contributed by atoms with Gasteiger partial charge in [-0.3, -0.25) is 4.98 Å². The van der Waals surface area contributed by atoms with E-state index in [4.69, 9.17) is 0 Å². The molecule has 2 heterocycles. The SMILES string of the molecule is Fc1cnc(C2CCCNC2)c(F)c1. The Morgan fingerprint density at radius 1 is 1.43 bits per heavy atom. The van der Waals surface area contributed by atoms with Crippen molar-refractivity contribution in [1.82, 2.24) is 10.3 Å². The average molecular weight is 198 g/mol. The molecule has 1 aliphatic rings. The van der Waals surface area contributed by atoms with Gasteiger partial charge in [0.05, 0.1) is 11.9 Å². The first-order valence-electron chi connectivity index (χ1n) is 4.79. The summed E-state index contributed by atoms with van der Waals surface area (Å²) in [5.74, 6) is -1.06. The summed E-state index contributed by atoms with van der Waals surface area (Å²) < 4.78 is 25.9. The third-order valence-corrected chi connectivity index (χ3v) is 2.52. The maximum atomic E-state index is 13.3. The van der Waals surface area contributed by atoms with Crippen molar-refractivity contribution in [1.29, 1.82) is 0 Å². The molecule has 0 amide bonds. The van der Waals surface area contributed by atoms with Crippen LogP contribution in [-0.4, -0.2) is 18.1 Å². The highest BCUT2D eigenvalue weighted by molar-refractivity contribution is 5.14. The smallest absolute Gasteiger partial charge is 0.147 e. The molecule has 2 rings (SSSR count). The molecule has 0 aromatic carbocycles. The zero-order valence-electron chi connectivity index (χ0n) is 7.76. The Kier molecular flexibility index (Phi) is 2.72. The Balaban J connectivity index is 2.22. The molecule has 1 aliphatic heterocycles. The molecule has 1 fully saturated rings. The summed E-state index contributed by atoms with van der Waals surface area (Å²) in [4.78, 5) is 3.81. The van der Waals surface area contributed by atoms with E-state index in [0.29, 0.717) is 5.69 Å². The standard InChI is InChI=1S/C10H12F2N2/c11-8-4-9(12)10(14-6-8)7-2-1-3-13-5-7/h4,6-7,13H,1-3,5H2. The van der Waals surface area contributed by atoms with Crippen LogP contribution in [0.2, 0.25) is 0 Å². The molecule has 0 aliphatic carbocycles. The largest absolute Gasteiger partial charge is 0.316 e. The van der Waals surface area contributed by atoms with Crippen molar-refractivity contribution in [3.05, 3.63) is 29.6 Å². The second-order valence-electron chi connectivity index (χ2n) is 3.56. The van der Waals surface area contributed by atoms with Crippen molar-refractivity contribution in [2.75, 3.05) is 13.1 Å². The van der Waals surface area contributed by atoms with E-state index in [1.165, 1.54) is 0 Å². The lowest BCUT2D eigenvalue weighted by atomic mass is 9.95. The third kappa shape index (κ3) is 1.90. The van der Waals surface area contributed by atoms with Crippen molar-refractivity contribution < 1.29 is 8.78 Å². The van der Waals surface area contributed by atoms with Gasteiger partial charge in [0.2, 0.25) is 0 Å². The highest BCUT2D eigenvalue weighted by Gasteiger charge is 2.20. The molecule has 1 atom stereocenters. The quantitative estimate of drug-likeness (QED) is 0.744. The molecule has 2 nitrogen and oxygen atoms in total. The van der Waals surface area contributed by atoms with E-state index < -0.39 is 11.6 Å². The molecular formula is C10H12F2N2. The van der Waals surface area contributed by atoms with Gasteiger partial charge in [0.15, 0.2) is 0 Å². The van der Waals surface area contributed by atoms with E-state index in [0.717, 1.165) is 38.2 Å². The van der Waals surface area contributed by atoms with Crippen molar-refractivity contribution in [2.24, 2.45) is 0 Å². The molecular weight excluding hydrogens is 186 g/mol. The summed E-state index contributed by atoms with van der Waals surface area (Å²) in [6.45, 7) is 1.70. The van der Waals surface area contributed by atoms with Gasteiger partial charge >= 0.3 is 0 Å².